The molecular formula is C66H38N4O2. The first-order valence-electron chi connectivity index (χ1n) is 23.9. The lowest BCUT2D eigenvalue weighted by molar-refractivity contribution is 0.668. The Morgan fingerprint density at radius 1 is 0.306 bits per heavy atom. The van der Waals surface area contributed by atoms with E-state index in [4.69, 9.17) is 8.83 Å². The van der Waals surface area contributed by atoms with E-state index in [2.05, 4.69) is 192 Å². The van der Waals surface area contributed by atoms with Crippen molar-refractivity contribution in [3.63, 3.8) is 0 Å². The molecule has 0 radical (unpaired) electrons. The molecule has 72 heavy (non-hydrogen) atoms. The zero-order valence-electron chi connectivity index (χ0n) is 38.5. The molecule has 0 atom stereocenters. The Hall–Kier alpha value is -10.1. The summed E-state index contributed by atoms with van der Waals surface area (Å²) in [6.07, 6.45) is 0. The molecule has 0 fully saturated rings. The van der Waals surface area contributed by atoms with Crippen LogP contribution < -0.4 is 9.80 Å². The van der Waals surface area contributed by atoms with Crippen molar-refractivity contribution in [1.29, 1.82) is 10.5 Å². The van der Waals surface area contributed by atoms with Crippen molar-refractivity contribution in [2.24, 2.45) is 0 Å². The maximum absolute atomic E-state index is 11.5. The van der Waals surface area contributed by atoms with Crippen LogP contribution in [0.3, 0.4) is 0 Å². The zero-order valence-corrected chi connectivity index (χ0v) is 38.5. The monoisotopic (exact) mass is 918 g/mol. The van der Waals surface area contributed by atoms with Crippen LogP contribution in [-0.2, 0) is 0 Å². The number of nitrogens with zero attached hydrogens (tertiary/aromatic N) is 4. The minimum Gasteiger partial charge on any atom is -0.456 e. The van der Waals surface area contributed by atoms with E-state index in [1.165, 1.54) is 0 Å². The molecule has 14 aromatic rings. The van der Waals surface area contributed by atoms with Gasteiger partial charge in [0, 0.05) is 54.8 Å². The largest absolute Gasteiger partial charge is 0.456 e. The predicted molar refractivity (Wildman–Crippen MR) is 294 cm³/mol. The van der Waals surface area contributed by atoms with Gasteiger partial charge >= 0.3 is 0 Å². The van der Waals surface area contributed by atoms with Crippen LogP contribution in [0.2, 0.25) is 0 Å². The summed E-state index contributed by atoms with van der Waals surface area (Å²) in [6, 6.07) is 84.3. The molecule has 0 spiro atoms. The minimum absolute atomic E-state index is 0.526. The van der Waals surface area contributed by atoms with Gasteiger partial charge in [0.1, 0.15) is 34.5 Å². The van der Waals surface area contributed by atoms with Gasteiger partial charge in [-0.2, -0.15) is 10.5 Å². The van der Waals surface area contributed by atoms with Crippen molar-refractivity contribution in [1.82, 2.24) is 0 Å². The lowest BCUT2D eigenvalue weighted by Crippen LogP contribution is -2.14. The van der Waals surface area contributed by atoms with E-state index in [9.17, 15) is 10.5 Å². The summed E-state index contributed by atoms with van der Waals surface area (Å²) >= 11 is 0. The predicted octanol–water partition coefficient (Wildman–Crippen LogP) is 18.4. The van der Waals surface area contributed by atoms with Crippen LogP contribution in [0.4, 0.5) is 34.1 Å². The minimum atomic E-state index is 0.526. The Morgan fingerprint density at radius 3 is 1.14 bits per heavy atom. The molecule has 6 heteroatoms. The second-order valence-electron chi connectivity index (χ2n) is 18.2. The number of hydrogen-bond acceptors (Lipinski definition) is 6. The molecule has 0 aliphatic rings. The van der Waals surface area contributed by atoms with E-state index in [-0.39, 0.29) is 0 Å². The normalized spacial score (nSPS) is 11.6. The van der Waals surface area contributed by atoms with Gasteiger partial charge in [0.25, 0.3) is 0 Å². The third-order valence-corrected chi connectivity index (χ3v) is 14.3. The average molecular weight is 919 g/mol. The molecule has 14 rings (SSSR count). The number of nitriles is 2. The number of para-hydroxylation sites is 4. The molecule has 0 saturated heterocycles. The summed E-state index contributed by atoms with van der Waals surface area (Å²) < 4.78 is 12.6. The standard InChI is InChI=1S/C66H38N4O2/c67-39-55-51-31-28-44-36-60(70(58-24-12-8-20-48(58)42-17-5-2-6-18-42)46-30-34-64-54(38-46)50-22-10-14-26-62(50)72-64)56(40-68)52-32-27-43(65(51)66(44)52)35-59(55)69(57-23-11-7-19-47(57)41-15-3-1-4-16-41)45-29-33-63-53(37-45)49-21-9-13-25-61(49)71-63/h1-38H. The fraction of sp³-hybridized carbons (Fsp3) is 0. The van der Waals surface area contributed by atoms with Crippen LogP contribution in [0, 0.1) is 22.7 Å². The second-order valence-corrected chi connectivity index (χ2v) is 18.2. The van der Waals surface area contributed by atoms with Gasteiger partial charge in [-0.25, -0.2) is 0 Å². The van der Waals surface area contributed by atoms with Crippen molar-refractivity contribution in [3.05, 3.63) is 242 Å². The SMILES string of the molecule is N#Cc1c(N(c2ccc3oc4ccccc4c3c2)c2ccccc2-c2ccccc2)cc2ccc3c(C#N)c(N(c4ccc5oc6ccccc6c5c4)c4ccccc4-c4ccccc4)cc4ccc1c2c43. The summed E-state index contributed by atoms with van der Waals surface area (Å²) in [5, 5.41) is 32.4. The Bertz CT molecular complexity index is 4270. The Kier molecular flexibility index (Phi) is 9.23. The van der Waals surface area contributed by atoms with Crippen LogP contribution in [0.25, 0.3) is 98.4 Å². The van der Waals surface area contributed by atoms with Crippen molar-refractivity contribution >= 4 is 110 Å². The highest BCUT2D eigenvalue weighted by molar-refractivity contribution is 6.27. The van der Waals surface area contributed by atoms with Crippen molar-refractivity contribution in [2.45, 2.75) is 0 Å². The number of benzene rings is 12. The number of anilines is 6. The third-order valence-electron chi connectivity index (χ3n) is 14.3. The topological polar surface area (TPSA) is 80.3 Å². The molecule has 2 aromatic heterocycles. The van der Waals surface area contributed by atoms with E-state index >= 15 is 0 Å². The molecular weight excluding hydrogens is 881 g/mol. The number of furan rings is 2. The van der Waals surface area contributed by atoms with Crippen molar-refractivity contribution in [2.75, 3.05) is 9.80 Å². The number of rotatable bonds is 8. The molecule has 0 unspecified atom stereocenters. The van der Waals surface area contributed by atoms with E-state index in [0.29, 0.717) is 11.1 Å². The summed E-state index contributed by atoms with van der Waals surface area (Å²) in [7, 11) is 0. The summed E-state index contributed by atoms with van der Waals surface area (Å²) in [5.74, 6) is 0. The van der Waals surface area contributed by atoms with Gasteiger partial charge in [-0.05, 0) is 105 Å². The maximum atomic E-state index is 11.5. The smallest absolute Gasteiger partial charge is 0.135 e. The van der Waals surface area contributed by atoms with E-state index in [0.717, 1.165) is 133 Å². The Labute approximate surface area is 413 Å². The first-order valence-corrected chi connectivity index (χ1v) is 23.9. The van der Waals surface area contributed by atoms with Crippen LogP contribution >= 0.6 is 0 Å². The van der Waals surface area contributed by atoms with Gasteiger partial charge in [-0.15, -0.1) is 0 Å². The molecule has 0 aliphatic heterocycles. The molecule has 334 valence electrons. The summed E-state index contributed by atoms with van der Waals surface area (Å²) in [6.45, 7) is 0. The second kappa shape index (κ2) is 16.2. The quantitative estimate of drug-likeness (QED) is 0.141. The summed E-state index contributed by atoms with van der Waals surface area (Å²) in [4.78, 5) is 4.44. The van der Waals surface area contributed by atoms with Gasteiger partial charge in [0.05, 0.1) is 33.9 Å². The van der Waals surface area contributed by atoms with Crippen molar-refractivity contribution in [3.8, 4) is 34.4 Å². The van der Waals surface area contributed by atoms with Gasteiger partial charge in [0.15, 0.2) is 0 Å². The molecule has 0 amide bonds. The van der Waals surface area contributed by atoms with Gasteiger partial charge in [-0.3, -0.25) is 0 Å². The highest BCUT2D eigenvalue weighted by Crippen LogP contribution is 2.51. The van der Waals surface area contributed by atoms with Crippen LogP contribution in [0.15, 0.2) is 239 Å². The van der Waals surface area contributed by atoms with Gasteiger partial charge in [0.2, 0.25) is 0 Å². The maximum Gasteiger partial charge on any atom is 0.135 e. The van der Waals surface area contributed by atoms with Gasteiger partial charge in [-0.1, -0.05) is 158 Å². The van der Waals surface area contributed by atoms with Crippen LogP contribution in [0.1, 0.15) is 11.1 Å². The third kappa shape index (κ3) is 6.27. The lowest BCUT2D eigenvalue weighted by Gasteiger charge is -2.31. The van der Waals surface area contributed by atoms with E-state index in [1.807, 2.05) is 60.7 Å². The molecule has 0 aliphatic carbocycles. The highest BCUT2D eigenvalue weighted by atomic mass is 16.3. The lowest BCUT2D eigenvalue weighted by atomic mass is 9.88. The van der Waals surface area contributed by atoms with E-state index < -0.39 is 0 Å². The average Bonchev–Trinajstić information content (AvgIpc) is 4.01. The summed E-state index contributed by atoms with van der Waals surface area (Å²) in [5.41, 5.74) is 13.5. The van der Waals surface area contributed by atoms with Crippen LogP contribution in [-0.4, -0.2) is 0 Å². The molecule has 12 aromatic carbocycles. The number of fused-ring (bicyclic) bond motifs is 6. The van der Waals surface area contributed by atoms with Crippen LogP contribution in [0.5, 0.6) is 0 Å². The zero-order chi connectivity index (χ0) is 47.9. The van der Waals surface area contributed by atoms with E-state index in [1.54, 1.807) is 0 Å². The molecule has 0 N–H and O–H groups in total. The number of hydrogen-bond donors (Lipinski definition) is 0. The first-order chi connectivity index (χ1) is 35.6. The molecule has 2 heterocycles. The Morgan fingerprint density at radius 2 is 0.694 bits per heavy atom. The molecule has 6 nitrogen and oxygen atoms in total. The highest BCUT2D eigenvalue weighted by Gasteiger charge is 2.28. The van der Waals surface area contributed by atoms with Gasteiger partial charge < -0.3 is 18.6 Å². The fourth-order valence-corrected chi connectivity index (χ4v) is 11.1. The van der Waals surface area contributed by atoms with Crippen molar-refractivity contribution < 1.29 is 8.83 Å². The molecule has 0 bridgehead atoms. The molecule has 0 saturated carbocycles. The fourth-order valence-electron chi connectivity index (χ4n) is 11.1. The Balaban J connectivity index is 1.02. The first kappa shape index (κ1) is 40.9.